The summed E-state index contributed by atoms with van der Waals surface area (Å²) in [5, 5.41) is 8.08. The van der Waals surface area contributed by atoms with E-state index in [0.29, 0.717) is 22.7 Å². The largest absolute Gasteiger partial charge is 0.279 e. The second kappa shape index (κ2) is 5.00. The molecule has 0 aromatic carbocycles. The highest BCUT2D eigenvalue weighted by molar-refractivity contribution is 7.16. The van der Waals surface area contributed by atoms with Crippen LogP contribution in [0.15, 0.2) is 0 Å². The van der Waals surface area contributed by atoms with Crippen LogP contribution in [0.1, 0.15) is 14.6 Å². The van der Waals surface area contributed by atoms with Crippen molar-refractivity contribution in [2.45, 2.75) is 6.42 Å². The Labute approximate surface area is 113 Å². The van der Waals surface area contributed by atoms with E-state index in [2.05, 4.69) is 4.85 Å². The summed E-state index contributed by atoms with van der Waals surface area (Å²) in [4.78, 5) is 1.94. The van der Waals surface area contributed by atoms with Crippen LogP contribution in [0.25, 0.3) is 4.85 Å². The number of nitrogens with zero attached hydrogens (tertiary/aromatic N) is 2. The first-order valence-electron chi connectivity index (χ1n) is 4.70. The number of hydrogen-bond donors (Lipinski definition) is 0. The Morgan fingerprint density at radius 2 is 1.58 bits per heavy atom. The third-order valence-corrected chi connectivity index (χ3v) is 4.31. The first kappa shape index (κ1) is 13.5. The fourth-order valence-electron chi connectivity index (χ4n) is 1.37. The highest BCUT2D eigenvalue weighted by Gasteiger charge is 2.23. The van der Waals surface area contributed by atoms with Gasteiger partial charge in [0.15, 0.2) is 23.3 Å². The molecule has 0 amide bonds. The average molecular weight is 302 g/mol. The Balaban J connectivity index is 2.43. The van der Waals surface area contributed by atoms with E-state index < -0.39 is 39.6 Å². The van der Waals surface area contributed by atoms with Crippen molar-refractivity contribution in [3.63, 3.8) is 0 Å². The molecular weight excluding hydrogens is 300 g/mol. The topological polar surface area (TPSA) is 28.1 Å². The van der Waals surface area contributed by atoms with Crippen molar-refractivity contribution in [2.75, 3.05) is 0 Å². The Hall–Kier alpha value is -1.90. The molecule has 2 nitrogen and oxygen atoms in total. The average Bonchev–Trinajstić information content (AvgIpc) is 2.83. The zero-order valence-electron chi connectivity index (χ0n) is 8.93. The summed E-state index contributed by atoms with van der Waals surface area (Å²) in [6.07, 6.45) is -0.391. The zero-order chi connectivity index (χ0) is 14.2. The summed E-state index contributed by atoms with van der Waals surface area (Å²) in [5.41, 5.74) is 0. The van der Waals surface area contributed by atoms with Gasteiger partial charge in [0.1, 0.15) is 10.9 Å². The Morgan fingerprint density at radius 3 is 2.05 bits per heavy atom. The van der Waals surface area contributed by atoms with Crippen LogP contribution in [-0.4, -0.2) is 0 Å². The Morgan fingerprint density at radius 1 is 1.00 bits per heavy atom. The van der Waals surface area contributed by atoms with Crippen LogP contribution >= 0.6 is 22.7 Å². The normalized spacial score (nSPS) is 10.2. The number of hydrogen-bond acceptors (Lipinski definition) is 3. The molecule has 96 valence electrons. The summed E-state index contributed by atoms with van der Waals surface area (Å²) >= 11 is 1.08. The maximum absolute atomic E-state index is 13.4. The van der Waals surface area contributed by atoms with Crippen LogP contribution in [0.3, 0.4) is 0 Å². The van der Waals surface area contributed by atoms with Crippen molar-refractivity contribution in [2.24, 2.45) is 0 Å². The van der Waals surface area contributed by atoms with Crippen molar-refractivity contribution < 1.29 is 17.6 Å². The van der Waals surface area contributed by atoms with Crippen molar-refractivity contribution in [3.8, 4) is 6.07 Å². The second-order valence-corrected chi connectivity index (χ2v) is 5.53. The molecule has 0 N–H and O–H groups in total. The van der Waals surface area contributed by atoms with Gasteiger partial charge in [-0.15, -0.1) is 11.3 Å². The van der Waals surface area contributed by atoms with Gasteiger partial charge in [0.2, 0.25) is 0 Å². The molecule has 0 bridgehead atoms. The molecule has 0 aliphatic heterocycles. The van der Waals surface area contributed by atoms with Crippen molar-refractivity contribution >= 4 is 27.7 Å². The smallest absolute Gasteiger partial charge is 0.223 e. The molecule has 0 spiro atoms. The first-order valence-corrected chi connectivity index (χ1v) is 6.33. The van der Waals surface area contributed by atoms with Crippen LogP contribution in [0.5, 0.6) is 0 Å². The minimum Gasteiger partial charge on any atom is -0.223 e. The molecule has 0 unspecified atom stereocenters. The van der Waals surface area contributed by atoms with Crippen LogP contribution in [0, 0.1) is 41.2 Å². The zero-order valence-corrected chi connectivity index (χ0v) is 10.6. The van der Waals surface area contributed by atoms with E-state index in [1.165, 1.54) is 6.07 Å². The third-order valence-electron chi connectivity index (χ3n) is 2.23. The van der Waals surface area contributed by atoms with E-state index in [1.807, 2.05) is 0 Å². The van der Waals surface area contributed by atoms with Crippen LogP contribution in [0.4, 0.5) is 22.6 Å². The highest BCUT2D eigenvalue weighted by Crippen LogP contribution is 2.36. The Kier molecular flexibility index (Phi) is 3.56. The molecule has 2 rings (SSSR count). The standard InChI is InChI=1S/C11H2F4N2S2/c1-17-11-10(15)8(13)5(19-11)2-4-7(12)9(14)6(3-16)18-4/h2H2. The fourth-order valence-corrected chi connectivity index (χ4v) is 3.19. The summed E-state index contributed by atoms with van der Waals surface area (Å²) in [5.74, 6) is -5.04. The molecule has 8 heteroatoms. The van der Waals surface area contributed by atoms with Crippen molar-refractivity contribution in [1.29, 1.82) is 5.26 Å². The molecule has 0 saturated carbocycles. The van der Waals surface area contributed by atoms with Gasteiger partial charge in [-0.2, -0.15) is 16.6 Å². The number of thiophene rings is 2. The molecule has 0 radical (unpaired) electrons. The molecule has 2 heterocycles. The molecule has 19 heavy (non-hydrogen) atoms. The second-order valence-electron chi connectivity index (χ2n) is 3.34. The minimum atomic E-state index is -1.29. The van der Waals surface area contributed by atoms with Gasteiger partial charge in [-0.1, -0.05) is 0 Å². The van der Waals surface area contributed by atoms with Gasteiger partial charge < -0.3 is 0 Å². The maximum atomic E-state index is 13.4. The van der Waals surface area contributed by atoms with E-state index in [4.69, 9.17) is 11.8 Å². The van der Waals surface area contributed by atoms with Crippen LogP contribution in [0.2, 0.25) is 0 Å². The maximum Gasteiger partial charge on any atom is 0.279 e. The van der Waals surface area contributed by atoms with Gasteiger partial charge in [-0.05, 0) is 0 Å². The molecule has 0 atom stereocenters. The third kappa shape index (κ3) is 2.21. The van der Waals surface area contributed by atoms with Crippen molar-refractivity contribution in [3.05, 3.63) is 49.3 Å². The number of rotatable bonds is 2. The molecule has 0 saturated heterocycles. The molecular formula is C11H2F4N2S2. The predicted octanol–water partition coefficient (Wildman–Crippen LogP) is 4.38. The lowest BCUT2D eigenvalue weighted by Gasteiger charge is -1.95. The van der Waals surface area contributed by atoms with Crippen molar-refractivity contribution in [1.82, 2.24) is 0 Å². The lowest BCUT2D eigenvalue weighted by atomic mass is 10.2. The number of nitriles is 1. The van der Waals surface area contributed by atoms with Gasteiger partial charge >= 0.3 is 0 Å². The quantitative estimate of drug-likeness (QED) is 0.597. The minimum absolute atomic E-state index is 0.201. The lowest BCUT2D eigenvalue weighted by molar-refractivity contribution is 0.503. The predicted molar refractivity (Wildman–Crippen MR) is 62.3 cm³/mol. The summed E-state index contributed by atoms with van der Waals surface area (Å²) in [7, 11) is 0. The first-order chi connectivity index (χ1) is 8.99. The molecule has 2 aromatic rings. The van der Waals surface area contributed by atoms with Gasteiger partial charge in [0.25, 0.3) is 5.00 Å². The van der Waals surface area contributed by atoms with Gasteiger partial charge in [0.05, 0.1) is 11.4 Å². The van der Waals surface area contributed by atoms with E-state index in [-0.39, 0.29) is 9.75 Å². The van der Waals surface area contributed by atoms with E-state index in [0.717, 1.165) is 0 Å². The Bertz CT molecular complexity index is 671. The molecule has 2 aromatic heterocycles. The van der Waals surface area contributed by atoms with Gasteiger partial charge in [0, 0.05) is 11.3 Å². The van der Waals surface area contributed by atoms with Gasteiger partial charge in [-0.25, -0.2) is 22.4 Å². The SMILES string of the molecule is [C-]#[N+]c1sc(Cc2sc(C#N)c(F)c2F)c(F)c1F. The van der Waals surface area contributed by atoms with E-state index >= 15 is 0 Å². The molecule has 0 aliphatic rings. The van der Waals surface area contributed by atoms with E-state index in [1.54, 1.807) is 0 Å². The summed E-state index contributed by atoms with van der Waals surface area (Å²) < 4.78 is 53.2. The lowest BCUT2D eigenvalue weighted by Crippen LogP contribution is -1.89. The summed E-state index contributed by atoms with van der Waals surface area (Å²) in [6, 6.07) is 1.48. The highest BCUT2D eigenvalue weighted by atomic mass is 32.1. The van der Waals surface area contributed by atoms with Crippen LogP contribution in [-0.2, 0) is 6.42 Å². The number of halogens is 4. The van der Waals surface area contributed by atoms with Crippen LogP contribution < -0.4 is 0 Å². The fraction of sp³-hybridized carbons (Fsp3) is 0.0909. The van der Waals surface area contributed by atoms with E-state index in [9.17, 15) is 17.6 Å². The monoisotopic (exact) mass is 302 g/mol. The molecule has 0 aliphatic carbocycles. The molecule has 0 fully saturated rings. The van der Waals surface area contributed by atoms with Gasteiger partial charge in [-0.3, -0.25) is 0 Å². The summed E-state index contributed by atoms with van der Waals surface area (Å²) in [6.45, 7) is 6.64.